The van der Waals surface area contributed by atoms with E-state index in [1.165, 1.54) is 6.26 Å². The van der Waals surface area contributed by atoms with Gasteiger partial charge in [0.25, 0.3) is 0 Å². The minimum Gasteiger partial charge on any atom is -0.482 e. The van der Waals surface area contributed by atoms with Crippen LogP contribution in [0.3, 0.4) is 0 Å². The van der Waals surface area contributed by atoms with Gasteiger partial charge in [0.1, 0.15) is 29.3 Å². The third-order valence-corrected chi connectivity index (χ3v) is 6.35. The van der Waals surface area contributed by atoms with Gasteiger partial charge in [0.05, 0.1) is 6.26 Å². The highest BCUT2D eigenvalue weighted by molar-refractivity contribution is 6.09. The van der Waals surface area contributed by atoms with E-state index in [1.54, 1.807) is 48.5 Å². The fourth-order valence-electron chi connectivity index (χ4n) is 4.56. The lowest BCUT2D eigenvalue weighted by Gasteiger charge is -2.27. The number of anilines is 1. The second-order valence-electron chi connectivity index (χ2n) is 12.3. The topological polar surface area (TPSA) is 108 Å². The fraction of sp³-hybridized carbons (Fsp3) is 0.382. The van der Waals surface area contributed by atoms with Crippen molar-refractivity contribution in [3.63, 3.8) is 0 Å². The van der Waals surface area contributed by atoms with Crippen LogP contribution in [0.5, 0.6) is 5.75 Å². The van der Waals surface area contributed by atoms with Crippen molar-refractivity contribution in [2.24, 2.45) is 0 Å². The molecular weight excluding hydrogens is 550 g/mol. The Bertz CT molecular complexity index is 1600. The normalized spacial score (nSPS) is 14.7. The molecule has 0 saturated carbocycles. The van der Waals surface area contributed by atoms with Crippen LogP contribution >= 0.6 is 0 Å². The molecule has 43 heavy (non-hydrogen) atoms. The van der Waals surface area contributed by atoms with Crippen LogP contribution < -0.4 is 15.3 Å². The number of ether oxygens (including phenoxy) is 3. The summed E-state index contributed by atoms with van der Waals surface area (Å²) in [6, 6.07) is 14.0. The zero-order valence-electron chi connectivity index (χ0n) is 25.8. The van der Waals surface area contributed by atoms with Crippen LogP contribution in [0, 0.1) is 6.92 Å². The van der Waals surface area contributed by atoms with Crippen molar-refractivity contribution in [3.05, 3.63) is 94.5 Å². The van der Waals surface area contributed by atoms with Gasteiger partial charge in [-0.1, -0.05) is 48.5 Å². The van der Waals surface area contributed by atoms with Crippen LogP contribution in [0.2, 0.25) is 0 Å². The number of hydrogen-bond acceptors (Lipinski definition) is 8. The summed E-state index contributed by atoms with van der Waals surface area (Å²) < 4.78 is 28.8. The van der Waals surface area contributed by atoms with Crippen molar-refractivity contribution in [2.45, 2.75) is 85.0 Å². The molecule has 9 nitrogen and oxygen atoms in total. The summed E-state index contributed by atoms with van der Waals surface area (Å²) in [6.07, 6.45) is 5.94. The van der Waals surface area contributed by atoms with Crippen molar-refractivity contribution in [1.82, 2.24) is 0 Å². The molecule has 0 spiro atoms. The lowest BCUT2D eigenvalue weighted by molar-refractivity contribution is 0.0428. The number of aryl methyl sites for hydroxylation is 1. The van der Waals surface area contributed by atoms with Crippen molar-refractivity contribution in [3.8, 4) is 5.75 Å². The minimum absolute atomic E-state index is 0.140. The van der Waals surface area contributed by atoms with Crippen LogP contribution in [0.4, 0.5) is 15.3 Å². The molecule has 1 unspecified atom stereocenters. The van der Waals surface area contributed by atoms with E-state index >= 15 is 0 Å². The predicted molar refractivity (Wildman–Crippen MR) is 164 cm³/mol. The van der Waals surface area contributed by atoms with Gasteiger partial charge in [0, 0.05) is 12.0 Å². The zero-order chi connectivity index (χ0) is 31.4. The van der Waals surface area contributed by atoms with E-state index in [2.05, 4.69) is 0 Å². The fourth-order valence-corrected chi connectivity index (χ4v) is 4.56. The summed E-state index contributed by atoms with van der Waals surface area (Å²) >= 11 is 0. The summed E-state index contributed by atoms with van der Waals surface area (Å²) in [4.78, 5) is 40.6. The second kappa shape index (κ2) is 12.8. The first kappa shape index (κ1) is 31.4. The lowest BCUT2D eigenvalue weighted by atomic mass is 9.99. The average Bonchev–Trinajstić information content (AvgIpc) is 3.42. The van der Waals surface area contributed by atoms with Crippen molar-refractivity contribution < 1.29 is 32.6 Å². The highest BCUT2D eigenvalue weighted by Crippen LogP contribution is 2.30. The summed E-state index contributed by atoms with van der Waals surface area (Å²) in [6.45, 7) is 11.4. The Morgan fingerprint density at radius 1 is 0.907 bits per heavy atom. The van der Waals surface area contributed by atoms with E-state index in [9.17, 15) is 14.4 Å². The number of amides is 2. The maximum absolute atomic E-state index is 13.6. The van der Waals surface area contributed by atoms with E-state index in [0.29, 0.717) is 22.6 Å². The third kappa shape index (κ3) is 8.28. The molecular formula is C34H39NO8. The number of hydrogen-bond donors (Lipinski definition) is 0. The molecule has 0 N–H and O–H groups in total. The van der Waals surface area contributed by atoms with Gasteiger partial charge >= 0.3 is 17.8 Å². The van der Waals surface area contributed by atoms with Crippen LogP contribution in [0.15, 0.2) is 80.8 Å². The number of nitrogens with zero attached hydrogens (tertiary/aromatic N) is 1. The number of imide groups is 1. The van der Waals surface area contributed by atoms with E-state index in [-0.39, 0.29) is 11.9 Å². The molecule has 1 atom stereocenters. The third-order valence-electron chi connectivity index (χ3n) is 6.35. The van der Waals surface area contributed by atoms with Gasteiger partial charge in [-0.25, -0.2) is 14.4 Å². The molecule has 9 heteroatoms. The molecule has 2 aromatic carbocycles. The van der Waals surface area contributed by atoms with E-state index in [1.807, 2.05) is 54.6 Å². The van der Waals surface area contributed by atoms with E-state index in [0.717, 1.165) is 35.4 Å². The zero-order valence-corrected chi connectivity index (χ0v) is 25.8. The monoisotopic (exact) mass is 589 g/mol. The highest BCUT2D eigenvalue weighted by Gasteiger charge is 2.35. The Morgan fingerprint density at radius 3 is 2.19 bits per heavy atom. The SMILES string of the molecule is Cc1oc(=O)c(N(C(=O)OC(C)(C)C)C(=O)OC(C)(C)C)cocc(Cc2cccc3ccccc23)c1OC1C=CCC1. The molecule has 1 aliphatic carbocycles. The molecule has 0 radical (unpaired) electrons. The van der Waals surface area contributed by atoms with Crippen molar-refractivity contribution >= 4 is 28.6 Å². The smallest absolute Gasteiger partial charge is 0.424 e. The van der Waals surface area contributed by atoms with Gasteiger partial charge in [-0.15, -0.1) is 0 Å². The number of benzene rings is 2. The Hall–Kier alpha value is -4.53. The van der Waals surface area contributed by atoms with E-state index < -0.39 is 34.7 Å². The van der Waals surface area contributed by atoms with Gasteiger partial charge in [-0.05, 0) is 83.7 Å². The summed E-state index contributed by atoms with van der Waals surface area (Å²) in [5.74, 6) is 0.468. The summed E-state index contributed by atoms with van der Waals surface area (Å²) in [5.41, 5.74) is -1.90. The largest absolute Gasteiger partial charge is 0.482 e. The number of allylic oxidation sites excluding steroid dienone is 1. The van der Waals surface area contributed by atoms with Crippen molar-refractivity contribution in [2.75, 3.05) is 4.90 Å². The predicted octanol–water partition coefficient (Wildman–Crippen LogP) is 8.18. The Kier molecular flexibility index (Phi) is 9.33. The summed E-state index contributed by atoms with van der Waals surface area (Å²) in [7, 11) is 0. The molecule has 1 heterocycles. The maximum atomic E-state index is 13.6. The standard InChI is InChI=1S/C34H39NO8/c1-22-29(41-26-16-9-10-17-26)25(19-24-15-12-14-23-13-8-11-18-27(23)24)20-39-21-28(30(36)40-22)35(31(37)42-33(2,3)4)32(38)43-34(5,6)7/h8-9,11-16,18,20-21,26H,10,17,19H2,1-7H3. The van der Waals surface area contributed by atoms with Gasteiger partial charge in [-0.2, -0.15) is 4.90 Å². The first-order valence-electron chi connectivity index (χ1n) is 14.3. The van der Waals surface area contributed by atoms with E-state index in [4.69, 9.17) is 23.0 Å². The summed E-state index contributed by atoms with van der Waals surface area (Å²) in [5, 5.41) is 2.13. The van der Waals surface area contributed by atoms with Crippen molar-refractivity contribution in [1.29, 1.82) is 0 Å². The Balaban J connectivity index is 1.91. The highest BCUT2D eigenvalue weighted by atomic mass is 16.6. The van der Waals surface area contributed by atoms with Crippen LogP contribution in [-0.2, 0) is 15.9 Å². The molecule has 0 aliphatic heterocycles. The Morgan fingerprint density at radius 2 is 1.56 bits per heavy atom. The number of rotatable bonds is 5. The molecule has 0 bridgehead atoms. The first-order valence-corrected chi connectivity index (χ1v) is 14.3. The second-order valence-corrected chi connectivity index (χ2v) is 12.3. The van der Waals surface area contributed by atoms with Gasteiger partial charge in [0.15, 0.2) is 11.4 Å². The average molecular weight is 590 g/mol. The Labute approximate surface area is 251 Å². The molecule has 0 fully saturated rings. The number of carbonyl (C=O) groups excluding carboxylic acids is 2. The number of carbonyl (C=O) groups is 2. The van der Waals surface area contributed by atoms with Crippen LogP contribution in [0.25, 0.3) is 10.8 Å². The quantitative estimate of drug-likeness (QED) is 0.274. The van der Waals surface area contributed by atoms with Crippen LogP contribution in [0.1, 0.15) is 71.3 Å². The molecule has 1 aromatic heterocycles. The minimum atomic E-state index is -1.12. The van der Waals surface area contributed by atoms with Gasteiger partial charge < -0.3 is 23.0 Å². The van der Waals surface area contributed by atoms with Gasteiger partial charge in [-0.3, -0.25) is 0 Å². The molecule has 1 aliphatic rings. The molecule has 4 rings (SSSR count). The van der Waals surface area contributed by atoms with Crippen LogP contribution in [-0.4, -0.2) is 29.5 Å². The van der Waals surface area contributed by atoms with Gasteiger partial charge in [0.2, 0.25) is 0 Å². The maximum Gasteiger partial charge on any atom is 0.424 e. The number of fused-ring (bicyclic) bond motifs is 1. The molecule has 3 aromatic rings. The molecule has 228 valence electrons. The molecule has 0 saturated heterocycles. The first-order chi connectivity index (χ1) is 20.2. The lowest BCUT2D eigenvalue weighted by Crippen LogP contribution is -2.45. The molecule has 2 amide bonds.